The van der Waals surface area contributed by atoms with Crippen LogP contribution >= 0.6 is 23.1 Å². The monoisotopic (exact) mass is 427 g/mol. The molecule has 1 aliphatic rings. The van der Waals surface area contributed by atoms with E-state index in [0.29, 0.717) is 17.9 Å². The Morgan fingerprint density at radius 1 is 1.21 bits per heavy atom. The Kier molecular flexibility index (Phi) is 5.82. The molecule has 6 nitrogen and oxygen atoms in total. The average molecular weight is 428 g/mol. The lowest BCUT2D eigenvalue weighted by Gasteiger charge is -2.08. The summed E-state index contributed by atoms with van der Waals surface area (Å²) in [5.74, 6) is 0.507. The number of anilines is 1. The van der Waals surface area contributed by atoms with Crippen LogP contribution in [0.2, 0.25) is 0 Å². The molecule has 150 valence electrons. The van der Waals surface area contributed by atoms with Crippen LogP contribution in [0.1, 0.15) is 40.0 Å². The number of hydrogen-bond acceptors (Lipinski definition) is 7. The second-order valence-corrected chi connectivity index (χ2v) is 8.80. The summed E-state index contributed by atoms with van der Waals surface area (Å²) in [5, 5.41) is 4.88. The number of esters is 1. The fraction of sp³-hybridized carbons (Fsp3) is 0.333. The van der Waals surface area contributed by atoms with E-state index in [0.717, 1.165) is 33.9 Å². The molecule has 3 aromatic rings. The average Bonchev–Trinajstić information content (AvgIpc) is 3.27. The van der Waals surface area contributed by atoms with Crippen molar-refractivity contribution in [3.8, 4) is 0 Å². The molecule has 0 bridgehead atoms. The topological polar surface area (TPSA) is 81.2 Å². The van der Waals surface area contributed by atoms with Crippen molar-refractivity contribution in [3.63, 3.8) is 0 Å². The number of aromatic nitrogens is 2. The summed E-state index contributed by atoms with van der Waals surface area (Å²) in [4.78, 5) is 35.8. The van der Waals surface area contributed by atoms with E-state index in [1.54, 1.807) is 42.5 Å². The molecule has 1 N–H and O–H groups in total. The number of amides is 1. The van der Waals surface area contributed by atoms with Crippen molar-refractivity contribution >= 4 is 50.9 Å². The number of carbonyl (C=O) groups excluding carboxylic acids is 2. The molecule has 0 spiro atoms. The standard InChI is InChI=1S/C21H21N3O3S2/c1-3-27-21(26)13-7-9-14(10-8-13)24-17(25)11-28-19-18-15-5-4-6-16(15)29-20(18)23-12(2)22-19/h7-10H,3-6,11H2,1-2H3,(H,24,25). The van der Waals surface area contributed by atoms with E-state index in [1.807, 2.05) is 6.92 Å². The molecule has 29 heavy (non-hydrogen) atoms. The summed E-state index contributed by atoms with van der Waals surface area (Å²) in [6.07, 6.45) is 3.35. The van der Waals surface area contributed by atoms with Crippen molar-refractivity contribution < 1.29 is 14.3 Å². The number of rotatable bonds is 6. The van der Waals surface area contributed by atoms with Gasteiger partial charge in [-0.25, -0.2) is 14.8 Å². The lowest BCUT2D eigenvalue weighted by molar-refractivity contribution is -0.113. The van der Waals surface area contributed by atoms with Gasteiger partial charge in [-0.3, -0.25) is 4.79 Å². The fourth-order valence-corrected chi connectivity index (χ4v) is 5.68. The van der Waals surface area contributed by atoms with E-state index in [1.165, 1.54) is 28.6 Å². The molecule has 0 radical (unpaired) electrons. The maximum absolute atomic E-state index is 12.4. The molecule has 0 atom stereocenters. The number of thiophene rings is 1. The molecule has 0 saturated heterocycles. The third kappa shape index (κ3) is 4.28. The summed E-state index contributed by atoms with van der Waals surface area (Å²) in [6, 6.07) is 6.70. The zero-order valence-electron chi connectivity index (χ0n) is 16.3. The smallest absolute Gasteiger partial charge is 0.338 e. The Labute approximate surface area is 177 Å². The third-order valence-electron chi connectivity index (χ3n) is 4.66. The molecular weight excluding hydrogens is 406 g/mol. The van der Waals surface area contributed by atoms with Gasteiger partial charge in [0.1, 0.15) is 15.7 Å². The quantitative estimate of drug-likeness (QED) is 0.357. The van der Waals surface area contributed by atoms with Crippen molar-refractivity contribution in [2.75, 3.05) is 17.7 Å². The van der Waals surface area contributed by atoms with Gasteiger partial charge in [-0.15, -0.1) is 11.3 Å². The fourth-order valence-electron chi connectivity index (χ4n) is 3.40. The van der Waals surface area contributed by atoms with Crippen LogP contribution in [0.15, 0.2) is 29.3 Å². The molecule has 1 aliphatic carbocycles. The van der Waals surface area contributed by atoms with Gasteiger partial charge < -0.3 is 10.1 Å². The Hall–Kier alpha value is -2.45. The lowest BCUT2D eigenvalue weighted by atomic mass is 10.2. The maximum Gasteiger partial charge on any atom is 0.338 e. The van der Waals surface area contributed by atoms with Crippen molar-refractivity contribution in [3.05, 3.63) is 46.1 Å². The molecule has 1 aromatic carbocycles. The van der Waals surface area contributed by atoms with E-state index in [9.17, 15) is 9.59 Å². The molecule has 0 unspecified atom stereocenters. The van der Waals surface area contributed by atoms with Crippen molar-refractivity contribution in [2.45, 2.75) is 38.1 Å². The maximum atomic E-state index is 12.4. The van der Waals surface area contributed by atoms with Crippen molar-refractivity contribution in [1.82, 2.24) is 9.97 Å². The van der Waals surface area contributed by atoms with Gasteiger partial charge in [0.15, 0.2) is 0 Å². The molecule has 0 aliphatic heterocycles. The molecule has 1 amide bonds. The van der Waals surface area contributed by atoms with Crippen LogP contribution in [-0.2, 0) is 22.4 Å². The minimum absolute atomic E-state index is 0.116. The van der Waals surface area contributed by atoms with Crippen LogP contribution < -0.4 is 5.32 Å². The third-order valence-corrected chi connectivity index (χ3v) is 6.82. The normalized spacial score (nSPS) is 12.8. The number of thioether (sulfide) groups is 1. The van der Waals surface area contributed by atoms with Crippen LogP contribution in [0.4, 0.5) is 5.69 Å². The number of fused-ring (bicyclic) bond motifs is 3. The summed E-state index contributed by atoms with van der Waals surface area (Å²) in [6.45, 7) is 3.98. The first-order valence-corrected chi connectivity index (χ1v) is 11.3. The highest BCUT2D eigenvalue weighted by Crippen LogP contribution is 2.40. The molecular formula is C21H21N3O3S2. The highest BCUT2D eigenvalue weighted by molar-refractivity contribution is 8.00. The summed E-state index contributed by atoms with van der Waals surface area (Å²) in [7, 11) is 0. The van der Waals surface area contributed by atoms with Gasteiger partial charge in [0.25, 0.3) is 0 Å². The van der Waals surface area contributed by atoms with Crippen LogP contribution in [0.25, 0.3) is 10.2 Å². The van der Waals surface area contributed by atoms with E-state index < -0.39 is 0 Å². The number of carbonyl (C=O) groups is 2. The van der Waals surface area contributed by atoms with Crippen LogP contribution in [-0.4, -0.2) is 34.2 Å². The largest absolute Gasteiger partial charge is 0.462 e. The Bertz CT molecular complexity index is 1080. The molecule has 8 heteroatoms. The van der Waals surface area contributed by atoms with E-state index >= 15 is 0 Å². The minimum Gasteiger partial charge on any atom is -0.462 e. The second kappa shape index (κ2) is 8.51. The summed E-state index contributed by atoms with van der Waals surface area (Å²) >= 11 is 3.20. The second-order valence-electron chi connectivity index (χ2n) is 6.75. The minimum atomic E-state index is -0.368. The zero-order chi connectivity index (χ0) is 20.4. The number of benzene rings is 1. The number of nitrogens with one attached hydrogen (secondary N) is 1. The number of aryl methyl sites for hydroxylation is 3. The first kappa shape index (κ1) is 19.8. The Morgan fingerprint density at radius 2 is 2.00 bits per heavy atom. The van der Waals surface area contributed by atoms with Gasteiger partial charge in [-0.1, -0.05) is 11.8 Å². The highest BCUT2D eigenvalue weighted by Gasteiger charge is 2.22. The lowest BCUT2D eigenvalue weighted by Crippen LogP contribution is -2.14. The molecule has 0 saturated carbocycles. The van der Waals surface area contributed by atoms with E-state index in [2.05, 4.69) is 15.3 Å². The van der Waals surface area contributed by atoms with E-state index in [-0.39, 0.29) is 17.6 Å². The first-order valence-electron chi connectivity index (χ1n) is 9.54. The van der Waals surface area contributed by atoms with E-state index in [4.69, 9.17) is 4.74 Å². The van der Waals surface area contributed by atoms with Gasteiger partial charge >= 0.3 is 5.97 Å². The Morgan fingerprint density at radius 3 is 2.76 bits per heavy atom. The SMILES string of the molecule is CCOC(=O)c1ccc(NC(=O)CSc2nc(C)nc3sc4c(c23)CCC4)cc1. The van der Waals surface area contributed by atoms with Gasteiger partial charge in [-0.05, 0) is 62.9 Å². The Balaban J connectivity index is 1.43. The summed E-state index contributed by atoms with van der Waals surface area (Å²) < 4.78 is 4.97. The van der Waals surface area contributed by atoms with Crippen molar-refractivity contribution in [2.24, 2.45) is 0 Å². The number of hydrogen-bond donors (Lipinski definition) is 1. The van der Waals surface area contributed by atoms with Crippen LogP contribution in [0.5, 0.6) is 0 Å². The van der Waals surface area contributed by atoms with Gasteiger partial charge in [-0.2, -0.15) is 0 Å². The molecule has 0 fully saturated rings. The first-order chi connectivity index (χ1) is 14.0. The van der Waals surface area contributed by atoms with Gasteiger partial charge in [0.2, 0.25) is 5.91 Å². The van der Waals surface area contributed by atoms with Gasteiger partial charge in [0.05, 0.1) is 17.9 Å². The zero-order valence-corrected chi connectivity index (χ0v) is 17.9. The summed E-state index contributed by atoms with van der Waals surface area (Å²) in [5.41, 5.74) is 2.47. The predicted molar refractivity (Wildman–Crippen MR) is 116 cm³/mol. The van der Waals surface area contributed by atoms with Crippen LogP contribution in [0.3, 0.4) is 0 Å². The number of ether oxygens (including phenoxy) is 1. The molecule has 4 rings (SSSR count). The van der Waals surface area contributed by atoms with Crippen LogP contribution in [0, 0.1) is 6.92 Å². The van der Waals surface area contributed by atoms with Gasteiger partial charge in [0, 0.05) is 16.0 Å². The molecule has 2 aromatic heterocycles. The highest BCUT2D eigenvalue weighted by atomic mass is 32.2. The number of nitrogens with zero attached hydrogens (tertiary/aromatic N) is 2. The molecule has 2 heterocycles. The van der Waals surface area contributed by atoms with Crippen molar-refractivity contribution in [1.29, 1.82) is 0 Å². The predicted octanol–water partition coefficient (Wildman–Crippen LogP) is 4.40.